The number of piperidine rings is 1. The zero-order chi connectivity index (χ0) is 11.5. The van der Waals surface area contributed by atoms with E-state index in [-0.39, 0.29) is 6.04 Å². The molecule has 0 aromatic rings. The van der Waals surface area contributed by atoms with Gasteiger partial charge in [-0.05, 0) is 19.4 Å². The second kappa shape index (κ2) is 4.67. The lowest BCUT2D eigenvalue weighted by Gasteiger charge is -2.22. The third kappa shape index (κ3) is 3.62. The Morgan fingerprint density at radius 1 is 1.33 bits per heavy atom. The van der Waals surface area contributed by atoms with Gasteiger partial charge in [-0.1, -0.05) is 6.42 Å². The maximum absolute atomic E-state index is 11.9. The molecule has 1 heterocycles. The zero-order valence-electron chi connectivity index (χ0n) is 7.88. The van der Waals surface area contributed by atoms with Gasteiger partial charge < -0.3 is 5.32 Å². The summed E-state index contributed by atoms with van der Waals surface area (Å²) in [6.45, 7) is 0.224. The monoisotopic (exact) mass is 247 g/mol. The van der Waals surface area contributed by atoms with Crippen LogP contribution in [0.2, 0.25) is 0 Å². The van der Waals surface area contributed by atoms with Crippen molar-refractivity contribution in [3.8, 4) is 0 Å². The Kier molecular flexibility index (Phi) is 3.96. The van der Waals surface area contributed by atoms with Gasteiger partial charge in [-0.3, -0.25) is 4.18 Å². The van der Waals surface area contributed by atoms with Crippen molar-refractivity contribution in [2.45, 2.75) is 30.8 Å². The summed E-state index contributed by atoms with van der Waals surface area (Å²) >= 11 is 0. The molecule has 0 bridgehead atoms. The van der Waals surface area contributed by atoms with Crippen molar-refractivity contribution in [1.82, 2.24) is 5.32 Å². The van der Waals surface area contributed by atoms with Crippen LogP contribution in [0.5, 0.6) is 0 Å². The summed E-state index contributed by atoms with van der Waals surface area (Å²) in [7, 11) is -5.44. The standard InChI is InChI=1S/C7H12F3NO3S/c8-7(9,10)15(12,13)14-5-6-3-1-2-4-11-6/h6,11H,1-5H2/t6-/m0/s1. The Bertz CT molecular complexity index is 295. The predicted octanol–water partition coefficient (Wildman–Crippen LogP) is 0.995. The van der Waals surface area contributed by atoms with E-state index < -0.39 is 22.2 Å². The Hall–Kier alpha value is -0.340. The smallest absolute Gasteiger partial charge is 0.312 e. The average molecular weight is 247 g/mol. The van der Waals surface area contributed by atoms with Crippen molar-refractivity contribution in [1.29, 1.82) is 0 Å². The highest BCUT2D eigenvalue weighted by molar-refractivity contribution is 7.87. The molecular weight excluding hydrogens is 235 g/mol. The van der Waals surface area contributed by atoms with Gasteiger partial charge in [0.1, 0.15) is 0 Å². The van der Waals surface area contributed by atoms with E-state index in [0.29, 0.717) is 13.0 Å². The largest absolute Gasteiger partial charge is 0.523 e. The van der Waals surface area contributed by atoms with E-state index in [4.69, 9.17) is 0 Å². The van der Waals surface area contributed by atoms with E-state index in [1.165, 1.54) is 0 Å². The van der Waals surface area contributed by atoms with E-state index in [2.05, 4.69) is 9.50 Å². The van der Waals surface area contributed by atoms with Crippen LogP contribution in [0.25, 0.3) is 0 Å². The van der Waals surface area contributed by atoms with Crippen LogP contribution in [0.15, 0.2) is 0 Å². The van der Waals surface area contributed by atoms with Gasteiger partial charge in [0.2, 0.25) is 0 Å². The van der Waals surface area contributed by atoms with Gasteiger partial charge in [-0.25, -0.2) is 0 Å². The van der Waals surface area contributed by atoms with Gasteiger partial charge in [0.05, 0.1) is 6.61 Å². The molecule has 1 aliphatic rings. The van der Waals surface area contributed by atoms with Crippen LogP contribution < -0.4 is 5.32 Å². The summed E-state index contributed by atoms with van der Waals surface area (Å²) in [5.41, 5.74) is -5.33. The molecule has 4 nitrogen and oxygen atoms in total. The van der Waals surface area contributed by atoms with E-state index >= 15 is 0 Å². The Morgan fingerprint density at radius 3 is 2.47 bits per heavy atom. The van der Waals surface area contributed by atoms with Crippen LogP contribution in [0.3, 0.4) is 0 Å². The maximum atomic E-state index is 11.9. The number of alkyl halides is 3. The molecule has 0 saturated carbocycles. The Labute approximate surface area is 85.9 Å². The minimum atomic E-state index is -5.44. The summed E-state index contributed by atoms with van der Waals surface area (Å²) in [6, 6.07) is -0.309. The second-order valence-corrected chi connectivity index (χ2v) is 4.94. The van der Waals surface area contributed by atoms with E-state index in [1.54, 1.807) is 0 Å². The van der Waals surface area contributed by atoms with E-state index in [9.17, 15) is 21.6 Å². The van der Waals surface area contributed by atoms with Crippen molar-refractivity contribution in [2.24, 2.45) is 0 Å². The van der Waals surface area contributed by atoms with Crippen LogP contribution in [0.4, 0.5) is 13.2 Å². The minimum Gasteiger partial charge on any atom is -0.312 e. The molecule has 1 N–H and O–H groups in total. The molecule has 1 saturated heterocycles. The topological polar surface area (TPSA) is 55.4 Å². The molecule has 1 atom stereocenters. The van der Waals surface area contributed by atoms with Crippen LogP contribution in [0, 0.1) is 0 Å². The molecular formula is C7H12F3NO3S. The van der Waals surface area contributed by atoms with Gasteiger partial charge in [0.25, 0.3) is 0 Å². The first kappa shape index (κ1) is 12.7. The number of hydrogen-bond acceptors (Lipinski definition) is 4. The third-order valence-electron chi connectivity index (χ3n) is 2.12. The fourth-order valence-electron chi connectivity index (χ4n) is 1.30. The van der Waals surface area contributed by atoms with Crippen molar-refractivity contribution in [2.75, 3.05) is 13.2 Å². The van der Waals surface area contributed by atoms with Crippen molar-refractivity contribution >= 4 is 10.1 Å². The van der Waals surface area contributed by atoms with Gasteiger partial charge in [-0.15, -0.1) is 0 Å². The highest BCUT2D eigenvalue weighted by Gasteiger charge is 2.47. The number of halogens is 3. The van der Waals surface area contributed by atoms with Crippen LogP contribution in [0.1, 0.15) is 19.3 Å². The molecule has 0 aromatic carbocycles. The van der Waals surface area contributed by atoms with Crippen LogP contribution >= 0.6 is 0 Å². The van der Waals surface area contributed by atoms with E-state index in [1.807, 2.05) is 0 Å². The molecule has 8 heteroatoms. The second-order valence-electron chi connectivity index (χ2n) is 3.33. The van der Waals surface area contributed by atoms with Crippen molar-refractivity contribution in [3.63, 3.8) is 0 Å². The normalized spacial score (nSPS) is 24.1. The van der Waals surface area contributed by atoms with Crippen molar-refractivity contribution in [3.05, 3.63) is 0 Å². The first-order valence-corrected chi connectivity index (χ1v) is 5.93. The average Bonchev–Trinajstić information content (AvgIpc) is 2.15. The summed E-state index contributed by atoms with van der Waals surface area (Å²) in [5.74, 6) is 0. The fraction of sp³-hybridized carbons (Fsp3) is 1.00. The maximum Gasteiger partial charge on any atom is 0.523 e. The van der Waals surface area contributed by atoms with E-state index in [0.717, 1.165) is 12.8 Å². The van der Waals surface area contributed by atoms with Gasteiger partial charge >= 0.3 is 15.6 Å². The third-order valence-corrected chi connectivity index (χ3v) is 3.13. The van der Waals surface area contributed by atoms with Crippen LogP contribution in [-0.2, 0) is 14.3 Å². The van der Waals surface area contributed by atoms with Gasteiger partial charge in [0.15, 0.2) is 0 Å². The molecule has 1 rings (SSSR count). The van der Waals surface area contributed by atoms with Gasteiger partial charge in [-0.2, -0.15) is 21.6 Å². The number of nitrogens with one attached hydrogen (secondary N) is 1. The zero-order valence-corrected chi connectivity index (χ0v) is 8.70. The first-order chi connectivity index (χ1) is 6.83. The summed E-state index contributed by atoms with van der Waals surface area (Å²) in [4.78, 5) is 0. The summed E-state index contributed by atoms with van der Waals surface area (Å²) < 4.78 is 60.5. The molecule has 0 amide bonds. The molecule has 0 unspecified atom stereocenters. The fourth-order valence-corrected chi connectivity index (χ4v) is 1.78. The molecule has 90 valence electrons. The predicted molar refractivity (Wildman–Crippen MR) is 46.6 cm³/mol. The lowest BCUT2D eigenvalue weighted by Crippen LogP contribution is -2.39. The van der Waals surface area contributed by atoms with Crippen LogP contribution in [-0.4, -0.2) is 33.1 Å². The molecule has 1 fully saturated rings. The molecule has 0 spiro atoms. The SMILES string of the molecule is O=S(=O)(OC[C@@H]1CCCCN1)C(F)(F)F. The molecule has 0 radical (unpaired) electrons. The molecule has 0 aliphatic carbocycles. The minimum absolute atomic E-state index is 0.309. The molecule has 0 aromatic heterocycles. The van der Waals surface area contributed by atoms with Gasteiger partial charge in [0, 0.05) is 6.04 Å². The Balaban J connectivity index is 2.42. The summed E-state index contributed by atoms with van der Waals surface area (Å²) in [5, 5.41) is 2.89. The lowest BCUT2D eigenvalue weighted by atomic mass is 10.1. The van der Waals surface area contributed by atoms with Crippen molar-refractivity contribution < 1.29 is 25.8 Å². The molecule has 1 aliphatic heterocycles. The summed E-state index contributed by atoms with van der Waals surface area (Å²) in [6.07, 6.45) is 2.45. The number of rotatable bonds is 3. The lowest BCUT2D eigenvalue weighted by molar-refractivity contribution is -0.0547. The number of hydrogen-bond donors (Lipinski definition) is 1. The first-order valence-electron chi connectivity index (χ1n) is 4.52. The Morgan fingerprint density at radius 2 is 2.00 bits per heavy atom. The highest BCUT2D eigenvalue weighted by Crippen LogP contribution is 2.25. The highest BCUT2D eigenvalue weighted by atomic mass is 32.2. The quantitative estimate of drug-likeness (QED) is 0.597. The molecule has 15 heavy (non-hydrogen) atoms.